The third-order valence-corrected chi connectivity index (χ3v) is 7.50. The Morgan fingerprint density at radius 1 is 0.872 bits per heavy atom. The molecule has 2 aromatic carbocycles. The lowest BCUT2D eigenvalue weighted by atomic mass is 10.1. The number of hydrogen-bond donors (Lipinski definition) is 1. The third kappa shape index (κ3) is 5.85. The van der Waals surface area contributed by atoms with Gasteiger partial charge in [0, 0.05) is 70.7 Å². The lowest BCUT2D eigenvalue weighted by Gasteiger charge is -2.37. The van der Waals surface area contributed by atoms with Crippen LogP contribution < -0.4 is 24.8 Å². The molecule has 3 aromatic rings. The van der Waals surface area contributed by atoms with Crippen LogP contribution in [-0.2, 0) is 6.54 Å². The van der Waals surface area contributed by atoms with E-state index in [4.69, 9.17) is 14.5 Å². The zero-order chi connectivity index (χ0) is 27.4. The van der Waals surface area contributed by atoms with Gasteiger partial charge in [0.15, 0.2) is 0 Å². The standard InChI is InChI=1S/C29H36N6O4/c1-21-7-4-5-8-23(21)33-13-11-32(12-14-33)20-22-19-26(36)31-29(30-22)35-17-15-34(16-18-35)28(37)27-24(38-2)9-6-10-25(27)39-3/h4-10,19H,11-18,20H2,1-3H3,(H,30,31,36). The van der Waals surface area contributed by atoms with E-state index in [0.29, 0.717) is 55.7 Å². The highest BCUT2D eigenvalue weighted by Crippen LogP contribution is 2.30. The number of carbonyl (C=O) groups excluding carboxylic acids is 1. The Morgan fingerprint density at radius 3 is 2.15 bits per heavy atom. The molecule has 0 unspecified atom stereocenters. The van der Waals surface area contributed by atoms with Crippen LogP contribution in [0.4, 0.5) is 11.6 Å². The number of carbonyl (C=O) groups is 1. The average Bonchev–Trinajstić information content (AvgIpc) is 2.97. The molecule has 5 rings (SSSR count). The van der Waals surface area contributed by atoms with Gasteiger partial charge < -0.3 is 24.2 Å². The normalized spacial score (nSPS) is 16.3. The molecule has 0 atom stereocenters. The van der Waals surface area contributed by atoms with Crippen molar-refractivity contribution < 1.29 is 14.3 Å². The number of H-pyrrole nitrogens is 1. The molecule has 2 saturated heterocycles. The third-order valence-electron chi connectivity index (χ3n) is 7.50. The molecule has 10 heteroatoms. The fraction of sp³-hybridized carbons (Fsp3) is 0.414. The minimum atomic E-state index is -0.161. The van der Waals surface area contributed by atoms with Crippen molar-refractivity contribution in [2.75, 3.05) is 76.4 Å². The molecule has 2 fully saturated rings. The van der Waals surface area contributed by atoms with Gasteiger partial charge in [0.2, 0.25) is 5.95 Å². The van der Waals surface area contributed by atoms with E-state index >= 15 is 0 Å². The largest absolute Gasteiger partial charge is 0.496 e. The number of aryl methyl sites for hydroxylation is 1. The van der Waals surface area contributed by atoms with Crippen molar-refractivity contribution in [3.63, 3.8) is 0 Å². The highest BCUT2D eigenvalue weighted by Gasteiger charge is 2.28. The SMILES string of the molecule is COc1cccc(OC)c1C(=O)N1CCN(c2nc(CN3CCN(c4ccccc4C)CC3)cc(=O)[nH]2)CC1. The number of methoxy groups -OCH3 is 2. The topological polar surface area (TPSA) is 94.2 Å². The summed E-state index contributed by atoms with van der Waals surface area (Å²) in [6, 6.07) is 15.4. The van der Waals surface area contributed by atoms with Gasteiger partial charge in [0.25, 0.3) is 11.5 Å². The van der Waals surface area contributed by atoms with E-state index < -0.39 is 0 Å². The summed E-state index contributed by atoms with van der Waals surface area (Å²) in [5.41, 5.74) is 3.60. The summed E-state index contributed by atoms with van der Waals surface area (Å²) >= 11 is 0. The minimum Gasteiger partial charge on any atom is -0.496 e. The summed E-state index contributed by atoms with van der Waals surface area (Å²) in [5.74, 6) is 1.39. The van der Waals surface area contributed by atoms with Crippen molar-refractivity contribution in [2.45, 2.75) is 13.5 Å². The number of amides is 1. The van der Waals surface area contributed by atoms with Crippen LogP contribution in [-0.4, -0.2) is 92.3 Å². The Morgan fingerprint density at radius 2 is 1.51 bits per heavy atom. The molecule has 2 aliphatic rings. The lowest BCUT2D eigenvalue weighted by molar-refractivity contribution is 0.0739. The van der Waals surface area contributed by atoms with Gasteiger partial charge >= 0.3 is 0 Å². The van der Waals surface area contributed by atoms with Crippen molar-refractivity contribution in [1.29, 1.82) is 0 Å². The Labute approximate surface area is 228 Å². The van der Waals surface area contributed by atoms with E-state index in [1.54, 1.807) is 43.4 Å². The number of para-hydroxylation sites is 1. The molecule has 0 bridgehead atoms. The zero-order valence-corrected chi connectivity index (χ0v) is 22.9. The summed E-state index contributed by atoms with van der Waals surface area (Å²) in [6.45, 7) is 8.58. The number of aromatic nitrogens is 2. The van der Waals surface area contributed by atoms with Gasteiger partial charge in [-0.2, -0.15) is 0 Å². The van der Waals surface area contributed by atoms with Gasteiger partial charge in [0.05, 0.1) is 19.9 Å². The van der Waals surface area contributed by atoms with Crippen LogP contribution in [0, 0.1) is 6.92 Å². The van der Waals surface area contributed by atoms with Gasteiger partial charge in [-0.3, -0.25) is 19.5 Å². The van der Waals surface area contributed by atoms with E-state index in [0.717, 1.165) is 31.9 Å². The van der Waals surface area contributed by atoms with Crippen molar-refractivity contribution in [3.8, 4) is 11.5 Å². The second-order valence-electron chi connectivity index (χ2n) is 9.93. The maximum atomic E-state index is 13.3. The fourth-order valence-electron chi connectivity index (χ4n) is 5.36. The first-order valence-electron chi connectivity index (χ1n) is 13.3. The summed E-state index contributed by atoms with van der Waals surface area (Å²) in [4.78, 5) is 42.1. The Hall–Kier alpha value is -4.05. The van der Waals surface area contributed by atoms with Crippen LogP contribution in [0.25, 0.3) is 0 Å². The molecule has 0 aliphatic carbocycles. The summed E-state index contributed by atoms with van der Waals surface area (Å²) in [6.07, 6.45) is 0. The van der Waals surface area contributed by atoms with Gasteiger partial charge in [-0.15, -0.1) is 0 Å². The fourth-order valence-corrected chi connectivity index (χ4v) is 5.36. The van der Waals surface area contributed by atoms with E-state index in [1.165, 1.54) is 11.3 Å². The number of benzene rings is 2. The molecule has 39 heavy (non-hydrogen) atoms. The molecule has 206 valence electrons. The van der Waals surface area contributed by atoms with Gasteiger partial charge in [-0.05, 0) is 30.7 Å². The monoisotopic (exact) mass is 532 g/mol. The smallest absolute Gasteiger partial charge is 0.261 e. The van der Waals surface area contributed by atoms with E-state index in [9.17, 15) is 9.59 Å². The highest BCUT2D eigenvalue weighted by atomic mass is 16.5. The number of rotatable bonds is 7. The Kier molecular flexibility index (Phi) is 8.02. The number of anilines is 2. The predicted molar refractivity (Wildman–Crippen MR) is 151 cm³/mol. The van der Waals surface area contributed by atoms with E-state index in [-0.39, 0.29) is 11.5 Å². The molecular weight excluding hydrogens is 496 g/mol. The molecule has 1 N–H and O–H groups in total. The number of nitrogens with one attached hydrogen (secondary N) is 1. The Balaban J connectivity index is 1.20. The number of hydrogen-bond acceptors (Lipinski definition) is 8. The van der Waals surface area contributed by atoms with Crippen molar-refractivity contribution in [3.05, 3.63) is 75.7 Å². The second-order valence-corrected chi connectivity index (χ2v) is 9.93. The van der Waals surface area contributed by atoms with Crippen molar-refractivity contribution >= 4 is 17.5 Å². The molecule has 3 heterocycles. The summed E-state index contributed by atoms with van der Waals surface area (Å²) in [7, 11) is 3.09. The quantitative estimate of drug-likeness (QED) is 0.496. The molecular formula is C29H36N6O4. The van der Waals surface area contributed by atoms with Crippen LogP contribution in [0.15, 0.2) is 53.3 Å². The van der Waals surface area contributed by atoms with Gasteiger partial charge in [0.1, 0.15) is 17.1 Å². The van der Waals surface area contributed by atoms with Crippen molar-refractivity contribution in [2.24, 2.45) is 0 Å². The average molecular weight is 533 g/mol. The maximum absolute atomic E-state index is 13.3. The zero-order valence-electron chi connectivity index (χ0n) is 22.9. The van der Waals surface area contributed by atoms with Crippen LogP contribution in [0.5, 0.6) is 11.5 Å². The Bertz CT molecular complexity index is 1340. The number of nitrogens with zero attached hydrogens (tertiary/aromatic N) is 5. The maximum Gasteiger partial charge on any atom is 0.261 e. The minimum absolute atomic E-state index is 0.135. The molecule has 1 aromatic heterocycles. The first-order valence-corrected chi connectivity index (χ1v) is 13.3. The predicted octanol–water partition coefficient (Wildman–Crippen LogP) is 2.38. The number of ether oxygens (including phenoxy) is 2. The molecule has 10 nitrogen and oxygen atoms in total. The van der Waals surface area contributed by atoms with Gasteiger partial charge in [-0.1, -0.05) is 24.3 Å². The van der Waals surface area contributed by atoms with Crippen molar-refractivity contribution in [1.82, 2.24) is 19.8 Å². The molecule has 1 amide bonds. The van der Waals surface area contributed by atoms with Crippen LogP contribution in [0.3, 0.4) is 0 Å². The summed E-state index contributed by atoms with van der Waals surface area (Å²) in [5, 5.41) is 0. The van der Waals surface area contributed by atoms with Crippen LogP contribution in [0.2, 0.25) is 0 Å². The van der Waals surface area contributed by atoms with E-state index in [2.05, 4.69) is 46.0 Å². The van der Waals surface area contributed by atoms with Crippen LogP contribution >= 0.6 is 0 Å². The molecule has 0 radical (unpaired) electrons. The van der Waals surface area contributed by atoms with E-state index in [1.807, 2.05) is 4.90 Å². The van der Waals surface area contributed by atoms with Crippen LogP contribution in [0.1, 0.15) is 21.6 Å². The molecule has 0 spiro atoms. The number of aromatic amines is 1. The summed E-state index contributed by atoms with van der Waals surface area (Å²) < 4.78 is 10.8. The number of piperazine rings is 2. The lowest BCUT2D eigenvalue weighted by Crippen LogP contribution is -2.49. The highest BCUT2D eigenvalue weighted by molar-refractivity contribution is 5.99. The first kappa shape index (κ1) is 26.6. The first-order chi connectivity index (χ1) is 19.0. The van der Waals surface area contributed by atoms with Gasteiger partial charge in [-0.25, -0.2) is 4.98 Å². The second kappa shape index (κ2) is 11.8. The molecule has 0 saturated carbocycles. The molecule has 2 aliphatic heterocycles.